The van der Waals surface area contributed by atoms with Gasteiger partial charge in [0.15, 0.2) is 5.58 Å². The third-order valence-electron chi connectivity index (χ3n) is 5.26. The highest BCUT2D eigenvalue weighted by molar-refractivity contribution is 5.76. The van der Waals surface area contributed by atoms with Gasteiger partial charge in [-0.05, 0) is 43.5 Å². The maximum absolute atomic E-state index is 10.7. The van der Waals surface area contributed by atoms with E-state index < -0.39 is 0 Å². The van der Waals surface area contributed by atoms with Crippen molar-refractivity contribution in [1.29, 1.82) is 0 Å². The van der Waals surface area contributed by atoms with Crippen LogP contribution >= 0.6 is 0 Å². The summed E-state index contributed by atoms with van der Waals surface area (Å²) in [4.78, 5) is 15.2. The Labute approximate surface area is 163 Å². The van der Waals surface area contributed by atoms with Crippen molar-refractivity contribution < 1.29 is 9.21 Å². The highest BCUT2D eigenvalue weighted by atomic mass is 16.3. The van der Waals surface area contributed by atoms with Crippen molar-refractivity contribution in [3.8, 4) is 11.5 Å². The van der Waals surface area contributed by atoms with Crippen LogP contribution in [0.3, 0.4) is 0 Å². The monoisotopic (exact) mass is 377 g/mol. The van der Waals surface area contributed by atoms with Crippen molar-refractivity contribution >= 4 is 23.2 Å². The van der Waals surface area contributed by atoms with Gasteiger partial charge in [0.05, 0.1) is 5.70 Å². The standard InChI is InChI=1S/C21H23N5O2/c22-12-19(26(23)17-10-9-16(11-17)24-13-27)14-5-7-15(8-6-14)21-25-18-3-1-2-4-20(18)28-21/h1-8,12-13,16-17H,9-11,22-23H2,(H,24,27)/b19-12-. The fourth-order valence-corrected chi connectivity index (χ4v) is 3.77. The molecule has 0 bridgehead atoms. The highest BCUT2D eigenvalue weighted by Gasteiger charge is 2.29. The third-order valence-corrected chi connectivity index (χ3v) is 5.26. The van der Waals surface area contributed by atoms with Crippen LogP contribution < -0.4 is 16.9 Å². The van der Waals surface area contributed by atoms with Gasteiger partial charge in [-0.25, -0.2) is 10.8 Å². The predicted molar refractivity (Wildman–Crippen MR) is 108 cm³/mol. The minimum atomic E-state index is 0.129. The van der Waals surface area contributed by atoms with Crippen LogP contribution in [0.5, 0.6) is 0 Å². The molecule has 144 valence electrons. The summed E-state index contributed by atoms with van der Waals surface area (Å²) in [6.45, 7) is 0. The van der Waals surface area contributed by atoms with Gasteiger partial charge in [0.2, 0.25) is 12.3 Å². The van der Waals surface area contributed by atoms with Crippen LogP contribution in [0.25, 0.3) is 28.3 Å². The number of oxazole rings is 1. The number of para-hydroxylation sites is 2. The fourth-order valence-electron chi connectivity index (χ4n) is 3.77. The van der Waals surface area contributed by atoms with E-state index in [0.717, 1.165) is 53.6 Å². The first-order chi connectivity index (χ1) is 13.7. The molecule has 1 fully saturated rings. The maximum atomic E-state index is 10.7. The van der Waals surface area contributed by atoms with Crippen LogP contribution in [0.2, 0.25) is 0 Å². The molecule has 1 heterocycles. The molecule has 1 aromatic heterocycles. The normalized spacial score (nSPS) is 19.7. The lowest BCUT2D eigenvalue weighted by Gasteiger charge is -2.28. The van der Waals surface area contributed by atoms with Gasteiger partial charge in [0.1, 0.15) is 5.52 Å². The van der Waals surface area contributed by atoms with E-state index in [9.17, 15) is 4.79 Å². The second kappa shape index (κ2) is 7.74. The quantitative estimate of drug-likeness (QED) is 0.346. The summed E-state index contributed by atoms with van der Waals surface area (Å²) >= 11 is 0. The summed E-state index contributed by atoms with van der Waals surface area (Å²) in [5.74, 6) is 6.94. The molecule has 0 saturated heterocycles. The van der Waals surface area contributed by atoms with E-state index in [0.29, 0.717) is 5.89 Å². The Bertz CT molecular complexity index is 962. The zero-order valence-corrected chi connectivity index (χ0v) is 15.4. The number of carbonyl (C=O) groups is 1. The van der Waals surface area contributed by atoms with Gasteiger partial charge in [-0.15, -0.1) is 0 Å². The molecule has 7 heteroatoms. The Morgan fingerprint density at radius 3 is 2.68 bits per heavy atom. The van der Waals surface area contributed by atoms with Gasteiger partial charge >= 0.3 is 0 Å². The minimum absolute atomic E-state index is 0.129. The third kappa shape index (κ3) is 3.44. The number of fused-ring (bicyclic) bond motifs is 1. The number of rotatable bonds is 6. The van der Waals surface area contributed by atoms with Gasteiger partial charge in [-0.3, -0.25) is 4.79 Å². The number of hydrazine groups is 1. The number of carbonyl (C=O) groups excluding carboxylic acids is 1. The number of nitrogens with zero attached hydrogens (tertiary/aromatic N) is 2. The van der Waals surface area contributed by atoms with Crippen molar-refractivity contribution in [2.24, 2.45) is 11.6 Å². The van der Waals surface area contributed by atoms with E-state index in [1.165, 1.54) is 6.20 Å². The molecule has 0 spiro atoms. The van der Waals surface area contributed by atoms with Crippen LogP contribution in [0.15, 0.2) is 59.1 Å². The van der Waals surface area contributed by atoms with Gasteiger partial charge in [-0.1, -0.05) is 24.3 Å². The smallest absolute Gasteiger partial charge is 0.227 e. The summed E-state index contributed by atoms with van der Waals surface area (Å²) in [5.41, 5.74) is 10.0. The summed E-state index contributed by atoms with van der Waals surface area (Å²) in [6, 6.07) is 15.8. The van der Waals surface area contributed by atoms with Crippen LogP contribution in [-0.4, -0.2) is 28.5 Å². The second-order valence-electron chi connectivity index (χ2n) is 6.97. The molecule has 2 unspecified atom stereocenters. The largest absolute Gasteiger partial charge is 0.436 e. The molecular weight excluding hydrogens is 354 g/mol. The molecule has 2 atom stereocenters. The first-order valence-corrected chi connectivity index (χ1v) is 9.31. The zero-order valence-electron chi connectivity index (χ0n) is 15.4. The highest BCUT2D eigenvalue weighted by Crippen LogP contribution is 2.30. The van der Waals surface area contributed by atoms with E-state index in [-0.39, 0.29) is 12.1 Å². The first-order valence-electron chi connectivity index (χ1n) is 9.31. The Balaban J connectivity index is 1.52. The lowest BCUT2D eigenvalue weighted by molar-refractivity contribution is -0.110. The summed E-state index contributed by atoms with van der Waals surface area (Å²) in [6.07, 6.45) is 4.88. The number of hydrogen-bond donors (Lipinski definition) is 3. The molecule has 1 aliphatic carbocycles. The van der Waals surface area contributed by atoms with Gasteiger partial charge in [0.25, 0.3) is 0 Å². The summed E-state index contributed by atoms with van der Waals surface area (Å²) in [5, 5.41) is 4.54. The molecule has 4 rings (SSSR count). The lowest BCUT2D eigenvalue weighted by atomic mass is 10.1. The molecule has 3 aromatic rings. The van der Waals surface area contributed by atoms with Crippen LogP contribution in [0.1, 0.15) is 24.8 Å². The Hall–Kier alpha value is -3.32. The first kappa shape index (κ1) is 18.1. The van der Waals surface area contributed by atoms with Crippen LogP contribution in [0, 0.1) is 0 Å². The molecule has 28 heavy (non-hydrogen) atoms. The maximum Gasteiger partial charge on any atom is 0.227 e. The van der Waals surface area contributed by atoms with Crippen molar-refractivity contribution in [2.45, 2.75) is 31.3 Å². The lowest BCUT2D eigenvalue weighted by Crippen LogP contribution is -2.39. The molecular formula is C21H23N5O2. The Morgan fingerprint density at radius 1 is 1.18 bits per heavy atom. The Morgan fingerprint density at radius 2 is 1.96 bits per heavy atom. The van der Waals surface area contributed by atoms with E-state index in [4.69, 9.17) is 16.0 Å². The molecule has 1 aliphatic rings. The Kier molecular flexibility index (Phi) is 4.99. The van der Waals surface area contributed by atoms with E-state index in [1.807, 2.05) is 48.5 Å². The summed E-state index contributed by atoms with van der Waals surface area (Å²) < 4.78 is 5.82. The zero-order chi connectivity index (χ0) is 19.5. The fraction of sp³-hybridized carbons (Fsp3) is 0.238. The van der Waals surface area contributed by atoms with Crippen LogP contribution in [-0.2, 0) is 4.79 Å². The number of nitrogens with one attached hydrogen (secondary N) is 1. The number of nitrogens with two attached hydrogens (primary N) is 2. The average molecular weight is 377 g/mol. The molecule has 0 radical (unpaired) electrons. The SMILES string of the molecule is N/C=C(/c1ccc(-c2nc3ccccc3o2)cc1)N(N)C1CCC(NC=O)C1. The van der Waals surface area contributed by atoms with Gasteiger partial charge in [-0.2, -0.15) is 0 Å². The second-order valence-corrected chi connectivity index (χ2v) is 6.97. The topological polar surface area (TPSA) is 110 Å². The van der Waals surface area contributed by atoms with Gasteiger partial charge in [0, 0.05) is 29.4 Å². The van der Waals surface area contributed by atoms with E-state index in [2.05, 4.69) is 10.3 Å². The van der Waals surface area contributed by atoms with Crippen molar-refractivity contribution in [3.05, 3.63) is 60.3 Å². The molecule has 5 N–H and O–H groups in total. The minimum Gasteiger partial charge on any atom is -0.436 e. The predicted octanol–water partition coefficient (Wildman–Crippen LogP) is 2.59. The molecule has 7 nitrogen and oxygen atoms in total. The van der Waals surface area contributed by atoms with Gasteiger partial charge < -0.3 is 20.5 Å². The molecule has 1 saturated carbocycles. The number of hydrogen-bond acceptors (Lipinski definition) is 6. The number of aromatic nitrogens is 1. The van der Waals surface area contributed by atoms with Crippen molar-refractivity contribution in [1.82, 2.24) is 15.3 Å². The number of amides is 1. The van der Waals surface area contributed by atoms with E-state index in [1.54, 1.807) is 5.01 Å². The van der Waals surface area contributed by atoms with E-state index >= 15 is 0 Å². The molecule has 1 amide bonds. The average Bonchev–Trinajstić information content (AvgIpc) is 3.36. The number of benzene rings is 2. The van der Waals surface area contributed by atoms with Crippen LogP contribution in [0.4, 0.5) is 0 Å². The molecule has 2 aromatic carbocycles. The summed E-state index contributed by atoms with van der Waals surface area (Å²) in [7, 11) is 0. The van der Waals surface area contributed by atoms with Crippen molar-refractivity contribution in [2.75, 3.05) is 0 Å². The van der Waals surface area contributed by atoms with Crippen molar-refractivity contribution in [3.63, 3.8) is 0 Å². The molecule has 0 aliphatic heterocycles.